The SMILES string of the molecule is Nc1cc(-c2cccc(-n3cc[nH]c3=O)c2)no1. The molecule has 2 aromatic heterocycles. The Kier molecular flexibility index (Phi) is 2.26. The van der Waals surface area contributed by atoms with Crippen LogP contribution in [0.2, 0.25) is 0 Å². The number of benzene rings is 1. The molecule has 0 aliphatic rings. The van der Waals surface area contributed by atoms with Crippen molar-refractivity contribution in [2.75, 3.05) is 5.73 Å². The molecule has 3 aromatic rings. The second kappa shape index (κ2) is 3.92. The van der Waals surface area contributed by atoms with Crippen molar-refractivity contribution in [3.63, 3.8) is 0 Å². The predicted octanol–water partition coefficient (Wildman–Crippen LogP) is 1.40. The summed E-state index contributed by atoms with van der Waals surface area (Å²) < 4.78 is 6.33. The summed E-state index contributed by atoms with van der Waals surface area (Å²) in [5, 5.41) is 3.84. The number of imidazole rings is 1. The molecule has 0 amide bonds. The quantitative estimate of drug-likeness (QED) is 0.710. The summed E-state index contributed by atoms with van der Waals surface area (Å²) in [6.07, 6.45) is 3.25. The maximum Gasteiger partial charge on any atom is 0.330 e. The van der Waals surface area contributed by atoms with Crippen LogP contribution >= 0.6 is 0 Å². The molecular formula is C12H10N4O2. The molecule has 0 saturated carbocycles. The molecule has 0 unspecified atom stereocenters. The molecule has 1 aromatic carbocycles. The number of anilines is 1. The Hall–Kier alpha value is -2.76. The number of aromatic nitrogens is 3. The highest BCUT2D eigenvalue weighted by atomic mass is 16.5. The molecule has 0 bridgehead atoms. The highest BCUT2D eigenvalue weighted by Gasteiger charge is 2.06. The van der Waals surface area contributed by atoms with Gasteiger partial charge in [-0.25, -0.2) is 4.79 Å². The third-order valence-electron chi connectivity index (χ3n) is 2.60. The number of nitrogen functional groups attached to an aromatic ring is 1. The maximum atomic E-state index is 11.5. The minimum Gasteiger partial charge on any atom is -0.368 e. The van der Waals surface area contributed by atoms with Gasteiger partial charge in [-0.2, -0.15) is 0 Å². The molecule has 0 radical (unpaired) electrons. The molecule has 0 aliphatic carbocycles. The molecule has 0 saturated heterocycles. The van der Waals surface area contributed by atoms with Crippen LogP contribution in [0.1, 0.15) is 0 Å². The van der Waals surface area contributed by atoms with Gasteiger partial charge in [0.25, 0.3) is 0 Å². The summed E-state index contributed by atoms with van der Waals surface area (Å²) in [5.74, 6) is 0.259. The zero-order chi connectivity index (χ0) is 12.5. The first-order valence-electron chi connectivity index (χ1n) is 5.33. The molecule has 0 aliphatic heterocycles. The summed E-state index contributed by atoms with van der Waals surface area (Å²) >= 11 is 0. The normalized spacial score (nSPS) is 10.7. The van der Waals surface area contributed by atoms with Crippen molar-refractivity contribution >= 4 is 5.88 Å². The first-order chi connectivity index (χ1) is 8.74. The number of hydrogen-bond acceptors (Lipinski definition) is 4. The van der Waals surface area contributed by atoms with Crippen LogP contribution in [0.4, 0.5) is 5.88 Å². The fourth-order valence-electron chi connectivity index (χ4n) is 1.76. The molecule has 3 rings (SSSR count). The standard InChI is InChI=1S/C12H10N4O2/c13-11-7-10(15-18-11)8-2-1-3-9(6-8)16-5-4-14-12(16)17/h1-7H,13H2,(H,14,17). The van der Waals surface area contributed by atoms with E-state index in [0.717, 1.165) is 11.3 Å². The number of rotatable bonds is 2. The second-order valence-corrected chi connectivity index (χ2v) is 3.80. The van der Waals surface area contributed by atoms with Gasteiger partial charge in [0.1, 0.15) is 5.69 Å². The van der Waals surface area contributed by atoms with Crippen LogP contribution in [-0.4, -0.2) is 14.7 Å². The smallest absolute Gasteiger partial charge is 0.330 e. The van der Waals surface area contributed by atoms with Crippen molar-refractivity contribution in [1.82, 2.24) is 14.7 Å². The van der Waals surface area contributed by atoms with E-state index >= 15 is 0 Å². The summed E-state index contributed by atoms with van der Waals surface area (Å²) in [6.45, 7) is 0. The number of aromatic amines is 1. The predicted molar refractivity (Wildman–Crippen MR) is 66.3 cm³/mol. The van der Waals surface area contributed by atoms with Gasteiger partial charge in [-0.1, -0.05) is 17.3 Å². The van der Waals surface area contributed by atoms with Crippen molar-refractivity contribution in [2.45, 2.75) is 0 Å². The van der Waals surface area contributed by atoms with E-state index in [4.69, 9.17) is 10.3 Å². The lowest BCUT2D eigenvalue weighted by molar-refractivity contribution is 0.439. The van der Waals surface area contributed by atoms with E-state index in [1.54, 1.807) is 18.5 Å². The van der Waals surface area contributed by atoms with Gasteiger partial charge in [0.05, 0.1) is 5.69 Å². The van der Waals surface area contributed by atoms with Crippen molar-refractivity contribution in [1.29, 1.82) is 0 Å². The van der Waals surface area contributed by atoms with Gasteiger partial charge in [-0.05, 0) is 12.1 Å². The van der Waals surface area contributed by atoms with E-state index in [2.05, 4.69) is 10.1 Å². The van der Waals surface area contributed by atoms with Gasteiger partial charge >= 0.3 is 5.69 Å². The van der Waals surface area contributed by atoms with Gasteiger partial charge in [0.15, 0.2) is 0 Å². The number of nitrogens with zero attached hydrogens (tertiary/aromatic N) is 2. The Bertz CT molecular complexity index is 738. The highest BCUT2D eigenvalue weighted by molar-refractivity contribution is 5.63. The van der Waals surface area contributed by atoms with E-state index in [1.165, 1.54) is 4.57 Å². The van der Waals surface area contributed by atoms with Gasteiger partial charge in [-0.15, -0.1) is 0 Å². The van der Waals surface area contributed by atoms with Crippen molar-refractivity contribution in [3.8, 4) is 16.9 Å². The Balaban J connectivity index is 2.10. The average Bonchev–Trinajstić information content (AvgIpc) is 2.98. The van der Waals surface area contributed by atoms with Gasteiger partial charge in [-0.3, -0.25) is 4.57 Å². The first kappa shape index (κ1) is 10.4. The maximum absolute atomic E-state index is 11.5. The minimum atomic E-state index is -0.188. The summed E-state index contributed by atoms with van der Waals surface area (Å²) in [4.78, 5) is 14.1. The van der Waals surface area contributed by atoms with Crippen LogP contribution in [0.25, 0.3) is 16.9 Å². The number of H-pyrrole nitrogens is 1. The number of hydrogen-bond donors (Lipinski definition) is 2. The molecule has 0 fully saturated rings. The Morgan fingerprint density at radius 2 is 2.22 bits per heavy atom. The molecule has 0 atom stereocenters. The number of nitrogens with one attached hydrogen (secondary N) is 1. The number of nitrogens with two attached hydrogens (primary N) is 1. The van der Waals surface area contributed by atoms with Crippen LogP contribution < -0.4 is 11.4 Å². The van der Waals surface area contributed by atoms with E-state index in [0.29, 0.717) is 5.69 Å². The third kappa shape index (κ3) is 1.69. The zero-order valence-corrected chi connectivity index (χ0v) is 9.33. The van der Waals surface area contributed by atoms with E-state index in [9.17, 15) is 4.79 Å². The molecule has 0 spiro atoms. The molecule has 90 valence electrons. The fraction of sp³-hybridized carbons (Fsp3) is 0. The first-order valence-corrected chi connectivity index (χ1v) is 5.33. The van der Waals surface area contributed by atoms with E-state index in [-0.39, 0.29) is 11.6 Å². The second-order valence-electron chi connectivity index (χ2n) is 3.80. The molecule has 3 N–H and O–H groups in total. The van der Waals surface area contributed by atoms with Crippen molar-refractivity contribution in [2.24, 2.45) is 0 Å². The lowest BCUT2D eigenvalue weighted by Gasteiger charge is -2.02. The van der Waals surface area contributed by atoms with Crippen LogP contribution in [0.3, 0.4) is 0 Å². The lowest BCUT2D eigenvalue weighted by Crippen LogP contribution is -2.13. The Morgan fingerprint density at radius 1 is 1.33 bits per heavy atom. The van der Waals surface area contributed by atoms with Crippen LogP contribution in [-0.2, 0) is 0 Å². The molecule has 6 nitrogen and oxygen atoms in total. The summed E-state index contributed by atoms with van der Waals surface area (Å²) in [5.41, 5.74) is 7.52. The molecular weight excluding hydrogens is 232 g/mol. The van der Waals surface area contributed by atoms with Crippen LogP contribution in [0, 0.1) is 0 Å². The van der Waals surface area contributed by atoms with Crippen molar-refractivity contribution in [3.05, 3.63) is 53.2 Å². The molecule has 18 heavy (non-hydrogen) atoms. The highest BCUT2D eigenvalue weighted by Crippen LogP contribution is 2.22. The minimum absolute atomic E-state index is 0.188. The fourth-order valence-corrected chi connectivity index (χ4v) is 1.76. The van der Waals surface area contributed by atoms with Crippen molar-refractivity contribution < 1.29 is 4.52 Å². The monoisotopic (exact) mass is 242 g/mol. The largest absolute Gasteiger partial charge is 0.368 e. The molecule has 2 heterocycles. The average molecular weight is 242 g/mol. The molecule has 6 heteroatoms. The van der Waals surface area contributed by atoms with Gasteiger partial charge in [0, 0.05) is 24.0 Å². The lowest BCUT2D eigenvalue weighted by atomic mass is 10.1. The van der Waals surface area contributed by atoms with Gasteiger partial charge in [0.2, 0.25) is 5.88 Å². The zero-order valence-electron chi connectivity index (χ0n) is 9.33. The van der Waals surface area contributed by atoms with Crippen LogP contribution in [0.5, 0.6) is 0 Å². The summed E-state index contributed by atoms with van der Waals surface area (Å²) in [7, 11) is 0. The van der Waals surface area contributed by atoms with Gasteiger partial charge < -0.3 is 15.2 Å². The third-order valence-corrected chi connectivity index (χ3v) is 2.60. The summed E-state index contributed by atoms with van der Waals surface area (Å²) in [6, 6.07) is 9.03. The van der Waals surface area contributed by atoms with E-state index < -0.39 is 0 Å². The van der Waals surface area contributed by atoms with Crippen LogP contribution in [0.15, 0.2) is 52.0 Å². The topological polar surface area (TPSA) is 89.8 Å². The van der Waals surface area contributed by atoms with E-state index in [1.807, 2.05) is 24.3 Å². The Morgan fingerprint density at radius 3 is 2.89 bits per heavy atom. The Labute approximate surface area is 102 Å².